The smallest absolute Gasteiger partial charge is 0.263 e. The van der Waals surface area contributed by atoms with Crippen LogP contribution in [0.5, 0.6) is 17.2 Å². The lowest BCUT2D eigenvalue weighted by molar-refractivity contribution is -0.134. The molecule has 1 amide bonds. The Morgan fingerprint density at radius 2 is 1.77 bits per heavy atom. The quantitative estimate of drug-likeness (QED) is 0.240. The van der Waals surface area contributed by atoms with Gasteiger partial charge in [0.25, 0.3) is 5.91 Å². The van der Waals surface area contributed by atoms with E-state index < -0.39 is 17.7 Å². The van der Waals surface area contributed by atoms with Crippen LogP contribution in [-0.2, 0) is 16.0 Å². The number of carbonyl (C=O) groups is 1. The minimum Gasteiger partial charge on any atom is -0.493 e. The van der Waals surface area contributed by atoms with Gasteiger partial charge in [-0.15, -0.1) is 0 Å². The van der Waals surface area contributed by atoms with Crippen LogP contribution in [0.3, 0.4) is 0 Å². The Labute approximate surface area is 238 Å². The van der Waals surface area contributed by atoms with Gasteiger partial charge in [-0.25, -0.2) is 0 Å². The number of methoxy groups -OCH3 is 2. The molecule has 0 heterocycles. The van der Waals surface area contributed by atoms with E-state index >= 15 is 0 Å². The van der Waals surface area contributed by atoms with Crippen LogP contribution in [0.15, 0.2) is 42.5 Å². The molecule has 0 aliphatic heterocycles. The highest BCUT2D eigenvalue weighted by atomic mass is 35.5. The second kappa shape index (κ2) is 15.9. The van der Waals surface area contributed by atoms with Crippen LogP contribution in [0.2, 0.25) is 5.02 Å². The lowest BCUT2D eigenvalue weighted by atomic mass is 9.83. The van der Waals surface area contributed by atoms with Gasteiger partial charge in [-0.1, -0.05) is 31.5 Å². The number of benzene rings is 2. The molecule has 0 radical (unpaired) electrons. The van der Waals surface area contributed by atoms with Gasteiger partial charge in [0.05, 0.1) is 19.8 Å². The molecule has 0 bridgehead atoms. The molecule has 2 rings (SSSR count). The molecule has 2 aromatic carbocycles. The number of rotatable bonds is 17. The van der Waals surface area contributed by atoms with Crippen molar-refractivity contribution in [3.05, 3.63) is 53.1 Å². The Balaban J connectivity index is 1.94. The fraction of sp³-hybridized carbons (Fsp3) is 0.567. The molecule has 0 unspecified atom stereocenters. The van der Waals surface area contributed by atoms with Crippen LogP contribution in [0, 0.1) is 11.8 Å². The molecule has 0 fully saturated rings. The topological polar surface area (TPSA) is 112 Å². The van der Waals surface area contributed by atoms with E-state index in [0.717, 1.165) is 18.4 Å². The molecule has 0 aliphatic rings. The first-order valence-electron chi connectivity index (χ1n) is 13.4. The molecule has 218 valence electrons. The molecule has 8 nitrogen and oxygen atoms in total. The second-order valence-corrected chi connectivity index (χ2v) is 11.1. The first-order chi connectivity index (χ1) is 18.5. The first-order valence-corrected chi connectivity index (χ1v) is 13.8. The predicted molar refractivity (Wildman–Crippen MR) is 155 cm³/mol. The van der Waals surface area contributed by atoms with E-state index in [9.17, 15) is 9.90 Å². The molecule has 9 heteroatoms. The monoisotopic (exact) mass is 564 g/mol. The van der Waals surface area contributed by atoms with Crippen LogP contribution in [0.25, 0.3) is 0 Å². The molecule has 0 saturated carbocycles. The third-order valence-electron chi connectivity index (χ3n) is 6.69. The molecule has 0 aliphatic carbocycles. The maximum Gasteiger partial charge on any atom is 0.263 e. The highest BCUT2D eigenvalue weighted by Gasteiger charge is 2.31. The largest absolute Gasteiger partial charge is 0.493 e. The normalized spacial score (nSPS) is 14.0. The summed E-state index contributed by atoms with van der Waals surface area (Å²) in [5.41, 5.74) is 6.37. The zero-order valence-electron chi connectivity index (χ0n) is 24.0. The summed E-state index contributed by atoms with van der Waals surface area (Å²) in [4.78, 5) is 12.8. The van der Waals surface area contributed by atoms with E-state index in [1.807, 2.05) is 18.2 Å². The van der Waals surface area contributed by atoms with Gasteiger partial charge in [0.1, 0.15) is 5.75 Å². The number of hydrogen-bond acceptors (Lipinski definition) is 7. The summed E-state index contributed by atoms with van der Waals surface area (Å²) in [6, 6.07) is 12.2. The fourth-order valence-electron chi connectivity index (χ4n) is 4.15. The van der Waals surface area contributed by atoms with Gasteiger partial charge >= 0.3 is 0 Å². The van der Waals surface area contributed by atoms with Crippen molar-refractivity contribution >= 4 is 17.5 Å². The van der Waals surface area contributed by atoms with Crippen LogP contribution in [0.4, 0.5) is 0 Å². The number of hydrogen-bond donors (Lipinski definition) is 3. The summed E-state index contributed by atoms with van der Waals surface area (Å²) in [6.07, 6.45) is 1.24. The van der Waals surface area contributed by atoms with Crippen molar-refractivity contribution in [2.75, 3.05) is 34.0 Å². The van der Waals surface area contributed by atoms with E-state index in [-0.39, 0.29) is 18.4 Å². The molecular formula is C30H45ClN2O6. The van der Waals surface area contributed by atoms with Crippen molar-refractivity contribution < 1.29 is 28.8 Å². The minimum absolute atomic E-state index is 0.0280. The third kappa shape index (κ3) is 10.9. The van der Waals surface area contributed by atoms with E-state index in [0.29, 0.717) is 47.8 Å². The lowest BCUT2D eigenvalue weighted by Gasteiger charge is -2.29. The van der Waals surface area contributed by atoms with Crippen LogP contribution in [0.1, 0.15) is 46.1 Å². The molecule has 3 atom stereocenters. The van der Waals surface area contributed by atoms with Gasteiger partial charge < -0.3 is 35.1 Å². The maximum absolute atomic E-state index is 12.8. The lowest BCUT2D eigenvalue weighted by Crippen LogP contribution is -2.51. The summed E-state index contributed by atoms with van der Waals surface area (Å²) >= 11 is 5.92. The van der Waals surface area contributed by atoms with Crippen molar-refractivity contribution in [2.45, 2.75) is 64.7 Å². The number of aliphatic hydroxyl groups excluding tert-OH is 1. The van der Waals surface area contributed by atoms with Gasteiger partial charge in [0, 0.05) is 37.7 Å². The second-order valence-electron chi connectivity index (χ2n) is 10.6. The van der Waals surface area contributed by atoms with Gasteiger partial charge in [0.15, 0.2) is 17.1 Å². The summed E-state index contributed by atoms with van der Waals surface area (Å²) in [5.74, 6) is 2.11. The standard InChI is InChI=1S/C30H45ClN2O6/c1-20(2)22(16-21-8-13-27(37-6)28(17-21)38-15-7-14-36-5)18-25(32)26(34)19-33-29(35)30(3,4)39-24-11-9-23(31)10-12-24/h8-13,17,20,22,25-26,34H,7,14-16,18-19,32H2,1-6H3,(H,33,35)/t22-,25-,26-/m0/s1. The van der Waals surface area contributed by atoms with Gasteiger partial charge in [-0.2, -0.15) is 0 Å². The van der Waals surface area contributed by atoms with Crippen LogP contribution >= 0.6 is 11.6 Å². The number of aliphatic hydroxyl groups is 1. The zero-order valence-corrected chi connectivity index (χ0v) is 24.8. The number of ether oxygens (including phenoxy) is 4. The molecular weight excluding hydrogens is 520 g/mol. The number of halogens is 1. The summed E-state index contributed by atoms with van der Waals surface area (Å²) in [5, 5.41) is 14.1. The minimum atomic E-state index is -1.14. The van der Waals surface area contributed by atoms with E-state index in [2.05, 4.69) is 19.2 Å². The van der Waals surface area contributed by atoms with Crippen molar-refractivity contribution in [1.82, 2.24) is 5.32 Å². The number of nitrogens with one attached hydrogen (secondary N) is 1. The Hall–Kier alpha value is -2.52. The number of amides is 1. The summed E-state index contributed by atoms with van der Waals surface area (Å²) < 4.78 is 22.3. The van der Waals surface area contributed by atoms with E-state index in [1.165, 1.54) is 0 Å². The average molecular weight is 565 g/mol. The maximum atomic E-state index is 12.8. The Morgan fingerprint density at radius 3 is 2.38 bits per heavy atom. The van der Waals surface area contributed by atoms with Gasteiger partial charge in [0.2, 0.25) is 0 Å². The molecule has 0 spiro atoms. The predicted octanol–water partition coefficient (Wildman–Crippen LogP) is 4.63. The Bertz CT molecular complexity index is 1020. The van der Waals surface area contributed by atoms with Gasteiger partial charge in [-0.05, 0) is 80.5 Å². The molecule has 0 aromatic heterocycles. The van der Waals surface area contributed by atoms with E-state index in [1.54, 1.807) is 52.3 Å². The SMILES string of the molecule is COCCCOc1cc(C[C@@H](C[C@H](N)[C@@H](O)CNC(=O)C(C)(C)Oc2ccc(Cl)cc2)C(C)C)ccc1OC. The first kappa shape index (κ1) is 32.7. The van der Waals surface area contributed by atoms with Crippen LogP contribution in [-0.4, -0.2) is 62.7 Å². The molecule has 0 saturated heterocycles. The summed E-state index contributed by atoms with van der Waals surface area (Å²) in [6.45, 7) is 8.82. The van der Waals surface area contributed by atoms with Crippen molar-refractivity contribution in [1.29, 1.82) is 0 Å². The fourth-order valence-corrected chi connectivity index (χ4v) is 4.28. The van der Waals surface area contributed by atoms with E-state index in [4.69, 9.17) is 36.3 Å². The van der Waals surface area contributed by atoms with Crippen molar-refractivity contribution in [3.8, 4) is 17.2 Å². The van der Waals surface area contributed by atoms with Crippen LogP contribution < -0.4 is 25.3 Å². The third-order valence-corrected chi connectivity index (χ3v) is 6.95. The number of nitrogens with two attached hydrogens (primary N) is 1. The zero-order chi connectivity index (χ0) is 29.0. The van der Waals surface area contributed by atoms with Crippen molar-refractivity contribution in [2.24, 2.45) is 17.6 Å². The highest BCUT2D eigenvalue weighted by Crippen LogP contribution is 2.31. The highest BCUT2D eigenvalue weighted by molar-refractivity contribution is 6.30. The molecule has 2 aromatic rings. The average Bonchev–Trinajstić information content (AvgIpc) is 2.90. The molecule has 39 heavy (non-hydrogen) atoms. The number of carbonyl (C=O) groups excluding carboxylic acids is 1. The molecule has 4 N–H and O–H groups in total. The Morgan fingerprint density at radius 1 is 1.08 bits per heavy atom. The summed E-state index contributed by atoms with van der Waals surface area (Å²) in [7, 11) is 3.29. The van der Waals surface area contributed by atoms with Crippen molar-refractivity contribution in [3.63, 3.8) is 0 Å². The Kier molecular flexibility index (Phi) is 13.3. The van der Waals surface area contributed by atoms with Gasteiger partial charge in [-0.3, -0.25) is 4.79 Å².